The molecule has 0 aliphatic heterocycles. The molecule has 1 heteroatoms. The number of rotatable bonds is 2. The molecule has 1 nitrogen and oxygen atoms in total. The molecule has 0 radical (unpaired) electrons. The quantitative estimate of drug-likeness (QED) is 0.760. The Hall–Kier alpha value is -1.76. The van der Waals surface area contributed by atoms with Crippen LogP contribution in [0.25, 0.3) is 23.6 Å². The van der Waals surface area contributed by atoms with Crippen molar-refractivity contribution >= 4 is 23.6 Å². The molecule has 0 spiro atoms. The number of para-hydroxylation sites is 1. The number of fused-ring (bicyclic) bond motifs is 1. The van der Waals surface area contributed by atoms with Crippen LogP contribution in [0.15, 0.2) is 36.4 Å². The van der Waals surface area contributed by atoms with Crippen molar-refractivity contribution in [2.24, 2.45) is 0 Å². The van der Waals surface area contributed by atoms with Crippen LogP contribution in [0.3, 0.4) is 0 Å². The van der Waals surface area contributed by atoms with Gasteiger partial charge in [-0.3, -0.25) is 0 Å². The second-order valence-electron chi connectivity index (χ2n) is 3.72. The van der Waals surface area contributed by atoms with Gasteiger partial charge in [0.05, 0.1) is 0 Å². The van der Waals surface area contributed by atoms with Gasteiger partial charge in [0.25, 0.3) is 0 Å². The molecule has 1 heterocycles. The summed E-state index contributed by atoms with van der Waals surface area (Å²) in [5.41, 5.74) is 2.27. The van der Waals surface area contributed by atoms with E-state index in [9.17, 15) is 0 Å². The van der Waals surface area contributed by atoms with E-state index < -0.39 is 0 Å². The molecule has 0 bridgehead atoms. The van der Waals surface area contributed by atoms with E-state index >= 15 is 0 Å². The third-order valence-electron chi connectivity index (χ3n) is 2.63. The highest BCUT2D eigenvalue weighted by Crippen LogP contribution is 2.05. The fourth-order valence-electron chi connectivity index (χ4n) is 1.69. The van der Waals surface area contributed by atoms with Crippen molar-refractivity contribution in [1.29, 1.82) is 0 Å². The maximum atomic E-state index is 4.02. The zero-order valence-electron chi connectivity index (χ0n) is 9.01. The van der Waals surface area contributed by atoms with Crippen molar-refractivity contribution in [3.05, 3.63) is 47.0 Å². The van der Waals surface area contributed by atoms with E-state index in [1.165, 1.54) is 5.39 Å². The molecule has 1 N–H and O–H groups in total. The first-order valence-electron chi connectivity index (χ1n) is 5.17. The third kappa shape index (κ3) is 1.73. The van der Waals surface area contributed by atoms with Crippen molar-refractivity contribution < 1.29 is 0 Å². The largest absolute Gasteiger partial charge is 0.355 e. The van der Waals surface area contributed by atoms with Gasteiger partial charge in [-0.1, -0.05) is 43.9 Å². The van der Waals surface area contributed by atoms with Crippen LogP contribution in [-0.4, -0.2) is 4.98 Å². The van der Waals surface area contributed by atoms with Crippen LogP contribution >= 0.6 is 0 Å². The minimum Gasteiger partial charge on any atom is -0.355 e. The summed E-state index contributed by atoms with van der Waals surface area (Å²) in [6, 6.07) is 8.24. The zero-order chi connectivity index (χ0) is 10.8. The SMILES string of the molecule is C=C(/C=c1\c(=C)[nH]c2ccccc12)CC. The second kappa shape index (κ2) is 3.77. The van der Waals surface area contributed by atoms with Gasteiger partial charge >= 0.3 is 0 Å². The van der Waals surface area contributed by atoms with Crippen molar-refractivity contribution in [3.8, 4) is 0 Å². The number of benzene rings is 1. The smallest absolute Gasteiger partial charge is 0.0464 e. The molecule has 2 rings (SSSR count). The molecule has 0 aliphatic rings. The molecule has 2 aromatic rings. The van der Waals surface area contributed by atoms with Crippen LogP contribution in [0.5, 0.6) is 0 Å². The van der Waals surface area contributed by atoms with Crippen LogP contribution < -0.4 is 10.6 Å². The monoisotopic (exact) mass is 197 g/mol. The van der Waals surface area contributed by atoms with Gasteiger partial charge in [-0.25, -0.2) is 0 Å². The Kier molecular flexibility index (Phi) is 2.46. The molecule has 1 aromatic heterocycles. The summed E-state index contributed by atoms with van der Waals surface area (Å²) < 4.78 is 0. The zero-order valence-corrected chi connectivity index (χ0v) is 9.01. The van der Waals surface area contributed by atoms with Gasteiger partial charge in [-0.2, -0.15) is 0 Å². The summed E-state index contributed by atoms with van der Waals surface area (Å²) in [4.78, 5) is 3.27. The Labute approximate surface area is 89.4 Å². The van der Waals surface area contributed by atoms with Crippen LogP contribution in [0, 0.1) is 0 Å². The number of aromatic nitrogens is 1. The number of hydrogen-bond acceptors (Lipinski definition) is 0. The van der Waals surface area contributed by atoms with Crippen molar-refractivity contribution in [2.75, 3.05) is 0 Å². The minimum absolute atomic E-state index is 0.964. The number of H-pyrrole nitrogens is 1. The van der Waals surface area contributed by atoms with Crippen molar-refractivity contribution in [3.63, 3.8) is 0 Å². The normalized spacial score (nSPS) is 12.2. The number of hydrogen-bond donors (Lipinski definition) is 1. The lowest BCUT2D eigenvalue weighted by Gasteiger charge is -1.91. The first-order chi connectivity index (χ1) is 7.22. The van der Waals surface area contributed by atoms with Crippen molar-refractivity contribution in [1.82, 2.24) is 4.98 Å². The van der Waals surface area contributed by atoms with E-state index in [0.29, 0.717) is 0 Å². The molecule has 0 saturated heterocycles. The molecular formula is C14H15N. The van der Waals surface area contributed by atoms with Gasteiger partial charge in [0.1, 0.15) is 0 Å². The maximum Gasteiger partial charge on any atom is 0.0464 e. The Balaban J connectivity index is 2.80. The Morgan fingerprint density at radius 1 is 1.40 bits per heavy atom. The number of allylic oxidation sites excluding steroid dienone is 1. The molecule has 0 atom stereocenters. The lowest BCUT2D eigenvalue weighted by molar-refractivity contribution is 1.18. The van der Waals surface area contributed by atoms with E-state index in [4.69, 9.17) is 0 Å². The number of aromatic amines is 1. The van der Waals surface area contributed by atoms with Gasteiger partial charge in [0.15, 0.2) is 0 Å². The average molecular weight is 197 g/mol. The Morgan fingerprint density at radius 2 is 2.13 bits per heavy atom. The predicted octanol–water partition coefficient (Wildman–Crippen LogP) is 2.32. The standard InChI is InChI=1S/C14H15N/c1-4-10(2)9-13-11(3)15-14-8-6-5-7-12(13)14/h5-9,15H,2-4H2,1H3/b13-9+. The molecule has 0 amide bonds. The molecule has 0 saturated carbocycles. The predicted molar refractivity (Wildman–Crippen MR) is 67.0 cm³/mol. The van der Waals surface area contributed by atoms with Crippen LogP contribution in [0.1, 0.15) is 13.3 Å². The van der Waals surface area contributed by atoms with Crippen molar-refractivity contribution in [2.45, 2.75) is 13.3 Å². The van der Waals surface area contributed by atoms with Gasteiger partial charge in [-0.05, 0) is 18.6 Å². The summed E-state index contributed by atoms with van der Waals surface area (Å²) in [6.07, 6.45) is 3.08. The second-order valence-corrected chi connectivity index (χ2v) is 3.72. The van der Waals surface area contributed by atoms with E-state index in [2.05, 4.69) is 43.3 Å². The average Bonchev–Trinajstić information content (AvgIpc) is 2.55. The highest BCUT2D eigenvalue weighted by molar-refractivity contribution is 5.81. The first-order valence-corrected chi connectivity index (χ1v) is 5.17. The molecule has 0 unspecified atom stereocenters. The Morgan fingerprint density at radius 3 is 2.87 bits per heavy atom. The fourth-order valence-corrected chi connectivity index (χ4v) is 1.69. The molecule has 76 valence electrons. The fraction of sp³-hybridized carbons (Fsp3) is 0.143. The minimum atomic E-state index is 0.964. The van der Waals surface area contributed by atoms with Gasteiger partial charge in [-0.15, -0.1) is 0 Å². The highest BCUT2D eigenvalue weighted by atomic mass is 14.7. The van der Waals surface area contributed by atoms with Crippen LogP contribution in [0.4, 0.5) is 0 Å². The molecule has 0 fully saturated rings. The lowest BCUT2D eigenvalue weighted by atomic mass is 10.1. The Bertz CT molecular complexity index is 602. The summed E-state index contributed by atoms with van der Waals surface area (Å²) in [5, 5.41) is 3.35. The molecule has 0 aliphatic carbocycles. The van der Waals surface area contributed by atoms with Gasteiger partial charge < -0.3 is 4.98 Å². The topological polar surface area (TPSA) is 15.8 Å². The lowest BCUT2D eigenvalue weighted by Crippen LogP contribution is -2.20. The maximum absolute atomic E-state index is 4.02. The molecule has 1 aromatic carbocycles. The van der Waals surface area contributed by atoms with E-state index in [0.717, 1.165) is 28.1 Å². The van der Waals surface area contributed by atoms with Gasteiger partial charge in [0.2, 0.25) is 0 Å². The van der Waals surface area contributed by atoms with Crippen LogP contribution in [-0.2, 0) is 0 Å². The van der Waals surface area contributed by atoms with E-state index in [1.54, 1.807) is 0 Å². The van der Waals surface area contributed by atoms with Gasteiger partial charge in [0, 0.05) is 21.5 Å². The molecule has 15 heavy (non-hydrogen) atoms. The first kappa shape index (κ1) is 9.78. The summed E-state index contributed by atoms with van der Waals surface area (Å²) in [6.45, 7) is 10.1. The van der Waals surface area contributed by atoms with E-state index in [1.807, 2.05) is 12.1 Å². The summed E-state index contributed by atoms with van der Waals surface area (Å²) in [5.74, 6) is 0. The number of nitrogens with one attached hydrogen (secondary N) is 1. The third-order valence-corrected chi connectivity index (χ3v) is 2.63. The highest BCUT2D eigenvalue weighted by Gasteiger charge is 1.97. The summed E-state index contributed by atoms with van der Waals surface area (Å²) in [7, 11) is 0. The van der Waals surface area contributed by atoms with E-state index in [-0.39, 0.29) is 0 Å². The summed E-state index contributed by atoms with van der Waals surface area (Å²) >= 11 is 0. The molecular weight excluding hydrogens is 182 g/mol. The van der Waals surface area contributed by atoms with Crippen LogP contribution in [0.2, 0.25) is 0 Å².